The Balaban J connectivity index is 1.56. The summed E-state index contributed by atoms with van der Waals surface area (Å²) in [6, 6.07) is 10.9. The van der Waals surface area contributed by atoms with Crippen molar-refractivity contribution in [3.8, 4) is 5.75 Å². The van der Waals surface area contributed by atoms with Gasteiger partial charge in [0.05, 0.1) is 13.2 Å². The van der Waals surface area contributed by atoms with Gasteiger partial charge in [-0.1, -0.05) is 24.3 Å². The van der Waals surface area contributed by atoms with Crippen LogP contribution in [-0.4, -0.2) is 24.7 Å². The molecule has 1 aliphatic carbocycles. The van der Waals surface area contributed by atoms with Crippen molar-refractivity contribution >= 4 is 5.91 Å². The molecule has 0 heterocycles. The van der Waals surface area contributed by atoms with Crippen LogP contribution in [0, 0.1) is 17.6 Å². The number of ether oxygens (including phenoxy) is 1. The molecule has 0 aliphatic heterocycles. The van der Waals surface area contributed by atoms with Crippen molar-refractivity contribution in [3.05, 3.63) is 65.2 Å². The third kappa shape index (κ3) is 3.79. The molecule has 0 aromatic heterocycles. The van der Waals surface area contributed by atoms with Crippen LogP contribution in [0.25, 0.3) is 0 Å². The lowest BCUT2D eigenvalue weighted by Crippen LogP contribution is -2.30. The number of aliphatic hydroxyl groups excluding tert-OH is 1. The molecule has 1 saturated carbocycles. The smallest absolute Gasteiger partial charge is 0.223 e. The number of carbonyl (C=O) groups excluding carboxylic acids is 1. The van der Waals surface area contributed by atoms with Gasteiger partial charge < -0.3 is 15.2 Å². The summed E-state index contributed by atoms with van der Waals surface area (Å²) in [6.07, 6.45) is -0.399. The predicted octanol–water partition coefficient (Wildman–Crippen LogP) is 2.93. The molecule has 0 radical (unpaired) electrons. The first-order chi connectivity index (χ1) is 12.0. The van der Waals surface area contributed by atoms with Crippen molar-refractivity contribution in [2.24, 2.45) is 5.92 Å². The monoisotopic (exact) mass is 347 g/mol. The fraction of sp³-hybridized carbons (Fsp3) is 0.316. The number of carbonyl (C=O) groups is 1. The molecule has 0 bridgehead atoms. The van der Waals surface area contributed by atoms with E-state index in [9.17, 15) is 18.7 Å². The first-order valence-corrected chi connectivity index (χ1v) is 8.05. The molecule has 25 heavy (non-hydrogen) atoms. The Bertz CT molecular complexity index is 781. The third-order valence-electron chi connectivity index (χ3n) is 4.46. The second-order valence-electron chi connectivity index (χ2n) is 6.13. The molecular formula is C19H19F2NO3. The number of rotatable bonds is 6. The average Bonchev–Trinajstić information content (AvgIpc) is 3.42. The summed E-state index contributed by atoms with van der Waals surface area (Å²) in [7, 11) is 1.53. The second-order valence-corrected chi connectivity index (χ2v) is 6.13. The molecule has 6 heteroatoms. The van der Waals surface area contributed by atoms with Crippen molar-refractivity contribution in [2.45, 2.75) is 18.4 Å². The number of amides is 1. The Labute approximate surface area is 144 Å². The van der Waals surface area contributed by atoms with E-state index >= 15 is 0 Å². The lowest BCUT2D eigenvalue weighted by molar-refractivity contribution is -0.122. The number of halogens is 2. The molecule has 1 fully saturated rings. The lowest BCUT2D eigenvalue weighted by Gasteiger charge is -2.13. The highest BCUT2D eigenvalue weighted by Gasteiger charge is 2.45. The summed E-state index contributed by atoms with van der Waals surface area (Å²) in [4.78, 5) is 12.2. The number of hydrogen-bond donors (Lipinski definition) is 2. The van der Waals surface area contributed by atoms with Crippen molar-refractivity contribution in [1.82, 2.24) is 5.32 Å². The standard InChI is InChI=1S/C19H19F2NO3/c1-25-12-5-2-4-11(8-12)17(23)10-22-19(24)15-9-14(15)13-6-3-7-16(20)18(13)21/h2-8,14-15,17,23H,9-10H2,1H3,(H,22,24). The number of aliphatic hydroxyl groups is 1. The molecular weight excluding hydrogens is 328 g/mol. The third-order valence-corrected chi connectivity index (χ3v) is 4.46. The van der Waals surface area contributed by atoms with Crippen molar-refractivity contribution in [3.63, 3.8) is 0 Å². The van der Waals surface area contributed by atoms with Gasteiger partial charge in [-0.25, -0.2) is 8.78 Å². The van der Waals surface area contributed by atoms with Crippen LogP contribution in [0.1, 0.15) is 29.6 Å². The van der Waals surface area contributed by atoms with E-state index in [1.54, 1.807) is 24.3 Å². The topological polar surface area (TPSA) is 58.6 Å². The van der Waals surface area contributed by atoms with Crippen LogP contribution in [-0.2, 0) is 4.79 Å². The van der Waals surface area contributed by atoms with Gasteiger partial charge in [0.25, 0.3) is 0 Å². The molecule has 1 amide bonds. The van der Waals surface area contributed by atoms with E-state index in [1.165, 1.54) is 19.2 Å². The van der Waals surface area contributed by atoms with E-state index in [2.05, 4.69) is 5.32 Å². The quantitative estimate of drug-likeness (QED) is 0.845. The normalized spacial score (nSPS) is 20.0. The predicted molar refractivity (Wildman–Crippen MR) is 88.2 cm³/mol. The first-order valence-electron chi connectivity index (χ1n) is 8.05. The molecule has 3 atom stereocenters. The summed E-state index contributed by atoms with van der Waals surface area (Å²) in [5.74, 6) is -2.16. The summed E-state index contributed by atoms with van der Waals surface area (Å²) < 4.78 is 32.2. The van der Waals surface area contributed by atoms with Crippen LogP contribution in [0.2, 0.25) is 0 Å². The first kappa shape index (κ1) is 17.4. The van der Waals surface area contributed by atoms with Crippen LogP contribution in [0.15, 0.2) is 42.5 Å². The highest BCUT2D eigenvalue weighted by Crippen LogP contribution is 2.48. The van der Waals surface area contributed by atoms with Gasteiger partial charge in [0, 0.05) is 12.5 Å². The van der Waals surface area contributed by atoms with Crippen LogP contribution < -0.4 is 10.1 Å². The molecule has 3 rings (SSSR count). The maximum absolute atomic E-state index is 13.8. The van der Waals surface area contributed by atoms with Gasteiger partial charge in [-0.3, -0.25) is 4.79 Å². The van der Waals surface area contributed by atoms with Crippen LogP contribution >= 0.6 is 0 Å². The van der Waals surface area contributed by atoms with Gasteiger partial charge in [-0.15, -0.1) is 0 Å². The Morgan fingerprint density at radius 2 is 2.08 bits per heavy atom. The van der Waals surface area contributed by atoms with Gasteiger partial charge in [0.1, 0.15) is 5.75 Å². The van der Waals surface area contributed by atoms with E-state index in [0.29, 0.717) is 17.7 Å². The fourth-order valence-corrected chi connectivity index (χ4v) is 2.93. The van der Waals surface area contributed by atoms with E-state index in [0.717, 1.165) is 6.07 Å². The molecule has 2 N–H and O–H groups in total. The largest absolute Gasteiger partial charge is 0.497 e. The summed E-state index contributed by atoms with van der Waals surface area (Å²) in [5, 5.41) is 12.8. The van der Waals surface area contributed by atoms with Crippen LogP contribution in [0.3, 0.4) is 0 Å². The van der Waals surface area contributed by atoms with E-state index in [4.69, 9.17) is 4.74 Å². The van der Waals surface area contributed by atoms with Gasteiger partial charge in [-0.2, -0.15) is 0 Å². The number of hydrogen-bond acceptors (Lipinski definition) is 3. The minimum atomic E-state index is -0.906. The highest BCUT2D eigenvalue weighted by molar-refractivity contribution is 5.82. The van der Waals surface area contributed by atoms with Crippen molar-refractivity contribution in [2.75, 3.05) is 13.7 Å². The van der Waals surface area contributed by atoms with Gasteiger partial charge in [-0.05, 0) is 41.7 Å². The summed E-state index contributed by atoms with van der Waals surface area (Å²) >= 11 is 0. The summed E-state index contributed by atoms with van der Waals surface area (Å²) in [5.41, 5.74) is 0.858. The molecule has 0 saturated heterocycles. The molecule has 4 nitrogen and oxygen atoms in total. The average molecular weight is 347 g/mol. The van der Waals surface area contributed by atoms with E-state index in [-0.39, 0.29) is 23.9 Å². The van der Waals surface area contributed by atoms with Gasteiger partial charge in [0.15, 0.2) is 11.6 Å². The molecule has 132 valence electrons. The Hall–Kier alpha value is -2.47. The number of benzene rings is 2. The maximum atomic E-state index is 13.8. The lowest BCUT2D eigenvalue weighted by atomic mass is 10.1. The highest BCUT2D eigenvalue weighted by atomic mass is 19.2. The van der Waals surface area contributed by atoms with Crippen molar-refractivity contribution < 1.29 is 23.4 Å². The van der Waals surface area contributed by atoms with Gasteiger partial charge in [0.2, 0.25) is 5.91 Å². The van der Waals surface area contributed by atoms with Crippen molar-refractivity contribution in [1.29, 1.82) is 0 Å². The molecule has 0 spiro atoms. The molecule has 2 aromatic carbocycles. The van der Waals surface area contributed by atoms with Crippen LogP contribution in [0.4, 0.5) is 8.78 Å². The number of methoxy groups -OCH3 is 1. The zero-order valence-electron chi connectivity index (χ0n) is 13.7. The molecule has 3 unspecified atom stereocenters. The Morgan fingerprint density at radius 3 is 2.84 bits per heavy atom. The minimum absolute atomic E-state index is 0.0425. The maximum Gasteiger partial charge on any atom is 0.223 e. The SMILES string of the molecule is COc1cccc(C(O)CNC(=O)C2CC2c2cccc(F)c2F)c1. The van der Waals surface area contributed by atoms with Crippen LogP contribution in [0.5, 0.6) is 5.75 Å². The number of nitrogens with one attached hydrogen (secondary N) is 1. The Kier molecular flexibility index (Phi) is 4.99. The second kappa shape index (κ2) is 7.19. The zero-order chi connectivity index (χ0) is 18.0. The fourth-order valence-electron chi connectivity index (χ4n) is 2.93. The molecule has 1 aliphatic rings. The summed E-state index contributed by atoms with van der Waals surface area (Å²) in [6.45, 7) is 0.0425. The van der Waals surface area contributed by atoms with E-state index in [1.807, 2.05) is 0 Å². The minimum Gasteiger partial charge on any atom is -0.497 e. The van der Waals surface area contributed by atoms with E-state index < -0.39 is 23.7 Å². The van der Waals surface area contributed by atoms with Gasteiger partial charge >= 0.3 is 0 Å². The Morgan fingerprint density at radius 1 is 1.32 bits per heavy atom. The molecule has 2 aromatic rings. The zero-order valence-corrected chi connectivity index (χ0v) is 13.7.